The second-order valence-electron chi connectivity index (χ2n) is 4.36. The van der Waals surface area contributed by atoms with Crippen molar-refractivity contribution in [2.24, 2.45) is 0 Å². The Bertz CT molecular complexity index is 507. The summed E-state index contributed by atoms with van der Waals surface area (Å²) in [6.07, 6.45) is 0.224. The molecule has 2 amide bonds. The lowest BCUT2D eigenvalue weighted by Crippen LogP contribution is -2.27. The highest BCUT2D eigenvalue weighted by Crippen LogP contribution is 2.17. The maximum absolute atomic E-state index is 13.3. The minimum atomic E-state index is -0.344. The van der Waals surface area contributed by atoms with Gasteiger partial charge in [0.2, 0.25) is 5.91 Å². The molecule has 0 bridgehead atoms. The van der Waals surface area contributed by atoms with Crippen LogP contribution in [0.15, 0.2) is 18.2 Å². The zero-order valence-electron chi connectivity index (χ0n) is 10.6. The highest BCUT2D eigenvalue weighted by molar-refractivity contribution is 8.13. The third kappa shape index (κ3) is 3.70. The smallest absolute Gasteiger partial charge is 0.281 e. The summed E-state index contributed by atoms with van der Waals surface area (Å²) in [7, 11) is 0. The zero-order valence-corrected chi connectivity index (χ0v) is 11.4. The molecule has 0 atom stereocenters. The predicted octanol–water partition coefficient (Wildman–Crippen LogP) is 2.63. The summed E-state index contributed by atoms with van der Waals surface area (Å²) in [5.74, 6) is 0.223. The van der Waals surface area contributed by atoms with Gasteiger partial charge < -0.3 is 10.2 Å². The van der Waals surface area contributed by atoms with E-state index in [2.05, 4.69) is 5.32 Å². The fourth-order valence-electron chi connectivity index (χ4n) is 1.76. The van der Waals surface area contributed by atoms with Crippen molar-refractivity contribution in [3.05, 3.63) is 29.6 Å². The molecule has 6 heteroatoms. The normalized spacial score (nSPS) is 14.8. The summed E-state index contributed by atoms with van der Waals surface area (Å²) in [6.45, 7) is 2.76. The van der Waals surface area contributed by atoms with Crippen LogP contribution in [0, 0.1) is 12.7 Å². The van der Waals surface area contributed by atoms with Crippen LogP contribution in [0.1, 0.15) is 12.0 Å². The minimum Gasteiger partial charge on any atom is -0.332 e. The monoisotopic (exact) mass is 282 g/mol. The molecule has 102 valence electrons. The standard InChI is InChI=1S/C13H15FN2O2S/c1-9-2-3-10(8-11(9)14)15-12(17)4-5-16-6-7-19-13(16)18/h2-3,8H,4-7H2,1H3,(H,15,17). The molecule has 2 rings (SSSR count). The average molecular weight is 282 g/mol. The largest absolute Gasteiger partial charge is 0.332 e. The number of nitrogens with one attached hydrogen (secondary N) is 1. The Morgan fingerprint density at radius 3 is 2.95 bits per heavy atom. The van der Waals surface area contributed by atoms with Gasteiger partial charge in [-0.3, -0.25) is 9.59 Å². The van der Waals surface area contributed by atoms with Gasteiger partial charge in [-0.25, -0.2) is 4.39 Å². The van der Waals surface area contributed by atoms with E-state index in [1.165, 1.54) is 17.8 Å². The Hall–Kier alpha value is -1.56. The third-order valence-electron chi connectivity index (χ3n) is 2.91. The molecule has 1 saturated heterocycles. The molecule has 1 N–H and O–H groups in total. The Balaban J connectivity index is 1.83. The van der Waals surface area contributed by atoms with E-state index in [9.17, 15) is 14.0 Å². The number of hydrogen-bond acceptors (Lipinski definition) is 3. The maximum Gasteiger partial charge on any atom is 0.281 e. The van der Waals surface area contributed by atoms with E-state index in [0.29, 0.717) is 24.3 Å². The second kappa shape index (κ2) is 6.06. The fourth-order valence-corrected chi connectivity index (χ4v) is 2.61. The van der Waals surface area contributed by atoms with Crippen LogP contribution in [0.25, 0.3) is 0 Å². The van der Waals surface area contributed by atoms with Crippen LogP contribution in [0.3, 0.4) is 0 Å². The topological polar surface area (TPSA) is 49.4 Å². The number of thioether (sulfide) groups is 1. The number of halogens is 1. The van der Waals surface area contributed by atoms with Gasteiger partial charge in [-0.05, 0) is 24.6 Å². The van der Waals surface area contributed by atoms with Crippen LogP contribution in [-0.2, 0) is 4.79 Å². The van der Waals surface area contributed by atoms with Gasteiger partial charge in [-0.2, -0.15) is 0 Å². The molecular formula is C13H15FN2O2S. The highest BCUT2D eigenvalue weighted by Gasteiger charge is 2.21. The fraction of sp³-hybridized carbons (Fsp3) is 0.385. The van der Waals surface area contributed by atoms with Crippen LogP contribution in [0.2, 0.25) is 0 Å². The zero-order chi connectivity index (χ0) is 13.8. The van der Waals surface area contributed by atoms with Crippen LogP contribution in [-0.4, -0.2) is 34.9 Å². The molecule has 1 aromatic rings. The van der Waals surface area contributed by atoms with E-state index < -0.39 is 0 Å². The molecule has 0 radical (unpaired) electrons. The predicted molar refractivity (Wildman–Crippen MR) is 73.8 cm³/mol. The number of benzene rings is 1. The molecular weight excluding hydrogens is 267 g/mol. The molecule has 0 saturated carbocycles. The van der Waals surface area contributed by atoms with Gasteiger partial charge in [-0.15, -0.1) is 0 Å². The summed E-state index contributed by atoms with van der Waals surface area (Å²) in [5, 5.41) is 2.65. The third-order valence-corrected chi connectivity index (χ3v) is 3.80. The first-order chi connectivity index (χ1) is 9.06. The second-order valence-corrected chi connectivity index (χ2v) is 5.41. The first kappa shape index (κ1) is 13.9. The molecule has 1 aromatic carbocycles. The quantitative estimate of drug-likeness (QED) is 0.923. The van der Waals surface area contributed by atoms with Gasteiger partial charge in [0.05, 0.1) is 0 Å². The lowest BCUT2D eigenvalue weighted by molar-refractivity contribution is -0.116. The van der Waals surface area contributed by atoms with Gasteiger partial charge in [0, 0.05) is 31.0 Å². The van der Waals surface area contributed by atoms with E-state index in [1.54, 1.807) is 24.0 Å². The van der Waals surface area contributed by atoms with Crippen molar-refractivity contribution in [3.8, 4) is 0 Å². The van der Waals surface area contributed by atoms with E-state index in [0.717, 1.165) is 5.75 Å². The van der Waals surface area contributed by atoms with Gasteiger partial charge in [0.25, 0.3) is 5.24 Å². The van der Waals surface area contributed by atoms with Gasteiger partial charge in [0.15, 0.2) is 0 Å². The summed E-state index contributed by atoms with van der Waals surface area (Å²) in [6, 6.07) is 4.57. The van der Waals surface area contributed by atoms with Gasteiger partial charge in [-0.1, -0.05) is 17.8 Å². The van der Waals surface area contributed by atoms with Crippen LogP contribution in [0.4, 0.5) is 14.9 Å². The molecule has 0 spiro atoms. The SMILES string of the molecule is Cc1ccc(NC(=O)CCN2CCSC2=O)cc1F. The number of nitrogens with zero attached hydrogens (tertiary/aromatic N) is 1. The number of amides is 2. The van der Waals surface area contributed by atoms with Crippen molar-refractivity contribution in [1.82, 2.24) is 4.90 Å². The number of anilines is 1. The number of hydrogen-bond donors (Lipinski definition) is 1. The van der Waals surface area contributed by atoms with Crippen LogP contribution in [0.5, 0.6) is 0 Å². The summed E-state index contributed by atoms with van der Waals surface area (Å²) in [4.78, 5) is 24.7. The molecule has 0 aliphatic carbocycles. The van der Waals surface area contributed by atoms with Gasteiger partial charge in [0.1, 0.15) is 5.82 Å². The molecule has 19 heavy (non-hydrogen) atoms. The Morgan fingerprint density at radius 1 is 1.53 bits per heavy atom. The number of rotatable bonds is 4. The highest BCUT2D eigenvalue weighted by atomic mass is 32.2. The average Bonchev–Trinajstić information content (AvgIpc) is 2.77. The van der Waals surface area contributed by atoms with E-state index in [-0.39, 0.29) is 23.4 Å². The van der Waals surface area contributed by atoms with Crippen LogP contribution >= 0.6 is 11.8 Å². The summed E-state index contributed by atoms with van der Waals surface area (Å²) < 4.78 is 13.3. The number of carbonyl (C=O) groups excluding carboxylic acids is 2. The van der Waals surface area contributed by atoms with E-state index in [1.807, 2.05) is 0 Å². The van der Waals surface area contributed by atoms with Crippen molar-refractivity contribution < 1.29 is 14.0 Å². The minimum absolute atomic E-state index is 0.0224. The first-order valence-electron chi connectivity index (χ1n) is 6.04. The summed E-state index contributed by atoms with van der Waals surface area (Å²) >= 11 is 1.27. The summed E-state index contributed by atoms with van der Waals surface area (Å²) in [5.41, 5.74) is 0.980. The van der Waals surface area contributed by atoms with Crippen molar-refractivity contribution in [2.75, 3.05) is 24.2 Å². The van der Waals surface area contributed by atoms with Crippen molar-refractivity contribution in [2.45, 2.75) is 13.3 Å². The lowest BCUT2D eigenvalue weighted by Gasteiger charge is -2.14. The molecule has 1 aliphatic heterocycles. The first-order valence-corrected chi connectivity index (χ1v) is 7.02. The van der Waals surface area contributed by atoms with E-state index in [4.69, 9.17) is 0 Å². The molecule has 1 heterocycles. The molecule has 4 nitrogen and oxygen atoms in total. The van der Waals surface area contributed by atoms with Crippen LogP contribution < -0.4 is 5.32 Å². The molecule has 0 unspecified atom stereocenters. The van der Waals surface area contributed by atoms with Crippen molar-refractivity contribution in [1.29, 1.82) is 0 Å². The van der Waals surface area contributed by atoms with E-state index >= 15 is 0 Å². The van der Waals surface area contributed by atoms with Crippen molar-refractivity contribution in [3.63, 3.8) is 0 Å². The van der Waals surface area contributed by atoms with Crippen molar-refractivity contribution >= 4 is 28.6 Å². The molecule has 1 fully saturated rings. The molecule has 1 aliphatic rings. The lowest BCUT2D eigenvalue weighted by atomic mass is 10.2. The Morgan fingerprint density at radius 2 is 2.32 bits per heavy atom. The Kier molecular flexibility index (Phi) is 4.42. The Labute approximate surface area is 115 Å². The molecule has 0 aromatic heterocycles. The number of aryl methyl sites for hydroxylation is 1. The van der Waals surface area contributed by atoms with Gasteiger partial charge >= 0.3 is 0 Å². The maximum atomic E-state index is 13.3. The number of carbonyl (C=O) groups is 2.